The molecular weight excluding hydrogens is 242 g/mol. The number of benzene rings is 1. The zero-order chi connectivity index (χ0) is 13.2. The zero-order valence-corrected chi connectivity index (χ0v) is 10.8. The Balaban J connectivity index is 1.70. The summed E-state index contributed by atoms with van der Waals surface area (Å²) >= 11 is 0. The van der Waals surface area contributed by atoms with Crippen molar-refractivity contribution in [3.8, 4) is 5.75 Å². The Morgan fingerprint density at radius 3 is 3.00 bits per heavy atom. The minimum absolute atomic E-state index is 0.0579. The Labute approximate surface area is 112 Å². The highest BCUT2D eigenvalue weighted by Gasteiger charge is 2.31. The molecule has 2 heterocycles. The zero-order valence-electron chi connectivity index (χ0n) is 10.8. The molecule has 1 amide bonds. The number of nitrogens with zero attached hydrogens (tertiary/aromatic N) is 1. The third-order valence-electron chi connectivity index (χ3n) is 3.79. The number of piperidine rings is 1. The van der Waals surface area contributed by atoms with Crippen molar-refractivity contribution in [2.45, 2.75) is 19.3 Å². The van der Waals surface area contributed by atoms with Crippen LogP contribution in [0.25, 0.3) is 0 Å². The summed E-state index contributed by atoms with van der Waals surface area (Å²) in [6.45, 7) is 1.39. The molecule has 100 valence electrons. The van der Waals surface area contributed by atoms with Crippen LogP contribution in [0.2, 0.25) is 0 Å². The quantitative estimate of drug-likeness (QED) is 0.766. The molecule has 1 unspecified atom stereocenters. The van der Waals surface area contributed by atoms with Gasteiger partial charge in [0.15, 0.2) is 5.78 Å². The number of likely N-dealkylation sites (tertiary alicyclic amines) is 1. The predicted octanol–water partition coefficient (Wildman–Crippen LogP) is 1.43. The van der Waals surface area contributed by atoms with Gasteiger partial charge >= 0.3 is 0 Å². The van der Waals surface area contributed by atoms with E-state index in [1.165, 1.54) is 0 Å². The van der Waals surface area contributed by atoms with Gasteiger partial charge in [-0.1, -0.05) is 18.2 Å². The number of carbonyl (C=O) groups excluding carboxylic acids is 2. The molecular formula is C15H17NO3. The normalized spacial score (nSPS) is 22.6. The standard InChI is InChI=1S/C15H17NO3/c17-13-5-3-7-16(9-13)15(18)12-8-11-4-1-2-6-14(11)19-10-12/h1-2,4,6,12H,3,5,7-10H2. The van der Waals surface area contributed by atoms with Gasteiger partial charge in [-0.2, -0.15) is 0 Å². The number of amides is 1. The van der Waals surface area contributed by atoms with Crippen LogP contribution in [0, 0.1) is 5.92 Å². The summed E-state index contributed by atoms with van der Waals surface area (Å²) in [6, 6.07) is 7.82. The number of fused-ring (bicyclic) bond motifs is 1. The van der Waals surface area contributed by atoms with Gasteiger partial charge in [-0.15, -0.1) is 0 Å². The number of para-hydroxylation sites is 1. The minimum Gasteiger partial charge on any atom is -0.492 e. The molecule has 4 nitrogen and oxygen atoms in total. The van der Waals surface area contributed by atoms with Crippen LogP contribution in [-0.2, 0) is 16.0 Å². The fourth-order valence-corrected chi connectivity index (χ4v) is 2.77. The number of rotatable bonds is 1. The molecule has 1 saturated heterocycles. The van der Waals surface area contributed by atoms with Gasteiger partial charge in [-0.05, 0) is 24.5 Å². The van der Waals surface area contributed by atoms with Crippen LogP contribution < -0.4 is 4.74 Å². The molecule has 0 N–H and O–H groups in total. The molecule has 0 radical (unpaired) electrons. The molecule has 0 aromatic heterocycles. The van der Waals surface area contributed by atoms with Crippen molar-refractivity contribution in [2.75, 3.05) is 19.7 Å². The van der Waals surface area contributed by atoms with Crippen molar-refractivity contribution in [2.24, 2.45) is 5.92 Å². The van der Waals surface area contributed by atoms with E-state index in [-0.39, 0.29) is 24.2 Å². The first-order chi connectivity index (χ1) is 9.24. The summed E-state index contributed by atoms with van der Waals surface area (Å²) in [4.78, 5) is 25.5. The smallest absolute Gasteiger partial charge is 0.229 e. The van der Waals surface area contributed by atoms with Gasteiger partial charge in [-0.25, -0.2) is 0 Å². The number of ether oxygens (including phenoxy) is 1. The van der Waals surface area contributed by atoms with Crippen molar-refractivity contribution < 1.29 is 14.3 Å². The minimum atomic E-state index is -0.152. The van der Waals surface area contributed by atoms with Gasteiger partial charge in [0.25, 0.3) is 0 Å². The molecule has 0 aliphatic carbocycles. The van der Waals surface area contributed by atoms with Crippen molar-refractivity contribution in [1.29, 1.82) is 0 Å². The maximum Gasteiger partial charge on any atom is 0.229 e. The summed E-state index contributed by atoms with van der Waals surface area (Å²) in [6.07, 6.45) is 2.10. The first-order valence-corrected chi connectivity index (χ1v) is 6.75. The van der Waals surface area contributed by atoms with E-state index >= 15 is 0 Å². The van der Waals surface area contributed by atoms with E-state index in [2.05, 4.69) is 0 Å². The highest BCUT2D eigenvalue weighted by Crippen LogP contribution is 2.28. The molecule has 1 fully saturated rings. The number of Topliss-reactive ketones (excluding diaryl/α,β-unsaturated/α-hetero) is 1. The Hall–Kier alpha value is -1.84. The van der Waals surface area contributed by atoms with Crippen LogP contribution in [0.4, 0.5) is 0 Å². The van der Waals surface area contributed by atoms with Gasteiger partial charge in [0.05, 0.1) is 12.5 Å². The summed E-state index contributed by atoms with van der Waals surface area (Å²) in [5.74, 6) is 0.946. The Morgan fingerprint density at radius 2 is 2.16 bits per heavy atom. The molecule has 2 aliphatic rings. The molecule has 2 aliphatic heterocycles. The molecule has 0 spiro atoms. The van der Waals surface area contributed by atoms with Crippen molar-refractivity contribution in [3.63, 3.8) is 0 Å². The number of hydrogen-bond donors (Lipinski definition) is 0. The lowest BCUT2D eigenvalue weighted by Gasteiger charge is -2.32. The van der Waals surface area contributed by atoms with Gasteiger partial charge < -0.3 is 9.64 Å². The highest BCUT2D eigenvalue weighted by molar-refractivity contribution is 5.88. The van der Waals surface area contributed by atoms with Crippen molar-refractivity contribution in [3.05, 3.63) is 29.8 Å². The number of ketones is 1. The van der Waals surface area contributed by atoms with E-state index in [9.17, 15) is 9.59 Å². The Kier molecular flexibility index (Phi) is 3.23. The lowest BCUT2D eigenvalue weighted by atomic mass is 9.94. The van der Waals surface area contributed by atoms with Crippen LogP contribution in [0.1, 0.15) is 18.4 Å². The van der Waals surface area contributed by atoms with E-state index in [1.807, 2.05) is 24.3 Å². The highest BCUT2D eigenvalue weighted by atomic mass is 16.5. The average Bonchev–Trinajstić information content (AvgIpc) is 2.46. The lowest BCUT2D eigenvalue weighted by Crippen LogP contribution is -2.45. The van der Waals surface area contributed by atoms with Gasteiger partial charge in [0, 0.05) is 13.0 Å². The predicted molar refractivity (Wildman–Crippen MR) is 70.0 cm³/mol. The van der Waals surface area contributed by atoms with E-state index in [0.29, 0.717) is 26.0 Å². The largest absolute Gasteiger partial charge is 0.492 e. The van der Waals surface area contributed by atoms with E-state index in [1.54, 1.807) is 4.90 Å². The summed E-state index contributed by atoms with van der Waals surface area (Å²) in [5, 5.41) is 0. The Morgan fingerprint density at radius 1 is 1.32 bits per heavy atom. The average molecular weight is 259 g/mol. The van der Waals surface area contributed by atoms with Crippen molar-refractivity contribution in [1.82, 2.24) is 4.90 Å². The maximum absolute atomic E-state index is 12.4. The fourth-order valence-electron chi connectivity index (χ4n) is 2.77. The fraction of sp³-hybridized carbons (Fsp3) is 0.467. The van der Waals surface area contributed by atoms with Crippen molar-refractivity contribution >= 4 is 11.7 Å². The third kappa shape index (κ3) is 2.48. The third-order valence-corrected chi connectivity index (χ3v) is 3.79. The van der Waals surface area contributed by atoms with E-state index < -0.39 is 0 Å². The van der Waals surface area contributed by atoms with Crippen LogP contribution in [0.3, 0.4) is 0 Å². The number of carbonyl (C=O) groups is 2. The number of hydrogen-bond acceptors (Lipinski definition) is 3. The van der Waals surface area contributed by atoms with Gasteiger partial charge in [0.1, 0.15) is 12.4 Å². The SMILES string of the molecule is O=C1CCCN(C(=O)C2COc3ccccc3C2)C1. The van der Waals surface area contributed by atoms with Gasteiger partial charge in [0.2, 0.25) is 5.91 Å². The summed E-state index contributed by atoms with van der Waals surface area (Å²) in [7, 11) is 0. The van der Waals surface area contributed by atoms with Crippen LogP contribution in [0.15, 0.2) is 24.3 Å². The Bertz CT molecular complexity index is 512. The second-order valence-electron chi connectivity index (χ2n) is 5.22. The molecule has 1 aromatic rings. The second-order valence-corrected chi connectivity index (χ2v) is 5.22. The molecule has 1 aromatic carbocycles. The monoisotopic (exact) mass is 259 g/mol. The first-order valence-electron chi connectivity index (χ1n) is 6.75. The van der Waals surface area contributed by atoms with Gasteiger partial charge in [-0.3, -0.25) is 9.59 Å². The first kappa shape index (κ1) is 12.2. The van der Waals surface area contributed by atoms with E-state index in [4.69, 9.17) is 4.74 Å². The molecule has 19 heavy (non-hydrogen) atoms. The van der Waals surface area contributed by atoms with Crippen LogP contribution in [0.5, 0.6) is 5.75 Å². The van der Waals surface area contributed by atoms with Crippen LogP contribution >= 0.6 is 0 Å². The molecule has 1 atom stereocenters. The molecule has 4 heteroatoms. The summed E-state index contributed by atoms with van der Waals surface area (Å²) < 4.78 is 5.64. The topological polar surface area (TPSA) is 46.6 Å². The maximum atomic E-state index is 12.4. The van der Waals surface area contributed by atoms with E-state index in [0.717, 1.165) is 17.7 Å². The molecule has 3 rings (SSSR count). The molecule has 0 saturated carbocycles. The summed E-state index contributed by atoms with van der Waals surface area (Å²) in [5.41, 5.74) is 1.08. The lowest BCUT2D eigenvalue weighted by molar-refractivity contribution is -0.142. The second kappa shape index (κ2) is 5.03. The van der Waals surface area contributed by atoms with Crippen LogP contribution in [-0.4, -0.2) is 36.3 Å². The molecule has 0 bridgehead atoms.